The predicted molar refractivity (Wildman–Crippen MR) is 142 cm³/mol. The Morgan fingerprint density at radius 1 is 1.00 bits per heavy atom. The summed E-state index contributed by atoms with van der Waals surface area (Å²) < 4.78 is 1.84. The van der Waals surface area contributed by atoms with Crippen molar-refractivity contribution in [1.82, 2.24) is 14.5 Å². The number of aryl methyl sites for hydroxylation is 2. The van der Waals surface area contributed by atoms with Gasteiger partial charge in [-0.1, -0.05) is 45.9 Å². The Morgan fingerprint density at radius 3 is 2.40 bits per heavy atom. The van der Waals surface area contributed by atoms with E-state index in [2.05, 4.69) is 50.9 Å². The van der Waals surface area contributed by atoms with Crippen molar-refractivity contribution in [3.8, 4) is 27.5 Å². The van der Waals surface area contributed by atoms with Gasteiger partial charge in [0, 0.05) is 41.0 Å². The summed E-state index contributed by atoms with van der Waals surface area (Å²) in [7, 11) is 0. The number of pyridine rings is 2. The average Bonchev–Trinajstić information content (AvgIpc) is 3.33. The third-order valence-electron chi connectivity index (χ3n) is 6.77. The van der Waals surface area contributed by atoms with Crippen molar-refractivity contribution in [2.24, 2.45) is 5.41 Å². The number of thiazole rings is 1. The van der Waals surface area contributed by atoms with E-state index in [4.69, 9.17) is 4.98 Å². The van der Waals surface area contributed by atoms with Crippen LogP contribution in [-0.4, -0.2) is 20.3 Å². The minimum Gasteiger partial charge on any atom is -0.294 e. The Labute approximate surface area is 209 Å². The molecule has 0 radical (unpaired) electrons. The van der Waals surface area contributed by atoms with Gasteiger partial charge in [0.15, 0.2) is 5.78 Å². The van der Waals surface area contributed by atoms with Crippen LogP contribution >= 0.6 is 11.3 Å². The quantitative estimate of drug-likeness (QED) is 0.334. The minimum absolute atomic E-state index is 0.0855. The van der Waals surface area contributed by atoms with Crippen LogP contribution in [0.3, 0.4) is 0 Å². The fraction of sp³-hybridized carbons (Fsp3) is 0.310. The Bertz CT molecular complexity index is 1460. The lowest BCUT2D eigenvalue weighted by Gasteiger charge is -2.33. The minimum atomic E-state index is -0.206. The largest absolute Gasteiger partial charge is 0.294 e. The monoisotopic (exact) mass is 483 g/mol. The molecule has 5 nitrogen and oxygen atoms in total. The summed E-state index contributed by atoms with van der Waals surface area (Å²) in [5.41, 5.74) is 6.44. The first-order chi connectivity index (χ1) is 16.8. The molecule has 1 aromatic carbocycles. The molecule has 3 heterocycles. The van der Waals surface area contributed by atoms with E-state index in [1.165, 1.54) is 11.3 Å². The second kappa shape index (κ2) is 9.00. The number of carbonyl (C=O) groups is 1. The van der Waals surface area contributed by atoms with Gasteiger partial charge in [0.1, 0.15) is 5.01 Å². The smallest absolute Gasteiger partial charge is 0.265 e. The van der Waals surface area contributed by atoms with Crippen LogP contribution in [0.15, 0.2) is 59.0 Å². The summed E-state index contributed by atoms with van der Waals surface area (Å²) >= 11 is 1.42. The number of carbonyl (C=O) groups excluding carboxylic acids is 1. The lowest BCUT2D eigenvalue weighted by atomic mass is 9.75. The van der Waals surface area contributed by atoms with Gasteiger partial charge < -0.3 is 0 Å². The number of fused-ring (bicyclic) bond motifs is 1. The number of aromatic nitrogens is 3. The molecule has 0 fully saturated rings. The Hall–Kier alpha value is -3.38. The molecule has 178 valence electrons. The van der Waals surface area contributed by atoms with Gasteiger partial charge in [-0.05, 0) is 54.0 Å². The zero-order valence-corrected chi connectivity index (χ0v) is 21.4. The maximum atomic E-state index is 14.2. The van der Waals surface area contributed by atoms with Gasteiger partial charge in [0.2, 0.25) is 0 Å². The zero-order valence-electron chi connectivity index (χ0n) is 20.6. The molecule has 0 aliphatic heterocycles. The molecule has 0 spiro atoms. The Kier molecular flexibility index (Phi) is 6.01. The van der Waals surface area contributed by atoms with E-state index in [1.54, 1.807) is 18.5 Å². The fourth-order valence-corrected chi connectivity index (χ4v) is 5.89. The number of hydrogen-bond acceptors (Lipinski definition) is 5. The molecule has 0 saturated carbocycles. The molecule has 0 atom stereocenters. The van der Waals surface area contributed by atoms with Crippen LogP contribution in [0.25, 0.3) is 27.5 Å². The standard InChI is InChI=1S/C29H29N3O2S/c1-5-18-9-7-10-19(6-2)26(18)32-24-14-29(3,4)15-25(33)21(24)13-22(28(32)34)27-31-23(17-35-27)20-11-8-12-30-16-20/h7-13,16-17H,5-6,14-15H2,1-4H3. The molecule has 35 heavy (non-hydrogen) atoms. The highest BCUT2D eigenvalue weighted by Gasteiger charge is 2.35. The van der Waals surface area contributed by atoms with Crippen LogP contribution in [0, 0.1) is 5.41 Å². The molecule has 0 saturated heterocycles. The fourth-order valence-electron chi connectivity index (χ4n) is 5.05. The first-order valence-electron chi connectivity index (χ1n) is 12.1. The third kappa shape index (κ3) is 4.16. The van der Waals surface area contributed by atoms with Crippen LogP contribution in [0.4, 0.5) is 0 Å². The van der Waals surface area contributed by atoms with Crippen LogP contribution in [0.1, 0.15) is 61.3 Å². The van der Waals surface area contributed by atoms with Gasteiger partial charge in [0.25, 0.3) is 5.56 Å². The van der Waals surface area contributed by atoms with Gasteiger partial charge in [-0.3, -0.25) is 19.1 Å². The Balaban J connectivity index is 1.81. The number of ketones is 1. The molecule has 5 rings (SSSR count). The van der Waals surface area contributed by atoms with Crippen LogP contribution < -0.4 is 5.56 Å². The molecular weight excluding hydrogens is 454 g/mol. The van der Waals surface area contributed by atoms with Crippen LogP contribution in [0.5, 0.6) is 0 Å². The molecule has 3 aromatic heterocycles. The second-order valence-electron chi connectivity index (χ2n) is 9.91. The summed E-state index contributed by atoms with van der Waals surface area (Å²) in [6, 6.07) is 11.8. The van der Waals surface area contributed by atoms with Crippen molar-refractivity contribution < 1.29 is 4.79 Å². The van der Waals surface area contributed by atoms with Crippen molar-refractivity contribution in [2.75, 3.05) is 0 Å². The topological polar surface area (TPSA) is 64.8 Å². The zero-order chi connectivity index (χ0) is 24.7. The maximum Gasteiger partial charge on any atom is 0.265 e. The molecule has 4 aromatic rings. The normalized spacial score (nSPS) is 14.7. The first kappa shape index (κ1) is 23.4. The number of nitrogens with zero attached hydrogens (tertiary/aromatic N) is 3. The number of para-hydroxylation sites is 1. The lowest BCUT2D eigenvalue weighted by Crippen LogP contribution is -2.35. The summed E-state index contributed by atoms with van der Waals surface area (Å²) in [6.45, 7) is 8.42. The molecular formula is C29H29N3O2S. The molecule has 6 heteroatoms. The van der Waals surface area contributed by atoms with E-state index in [1.807, 2.05) is 22.1 Å². The third-order valence-corrected chi connectivity index (χ3v) is 7.64. The Morgan fingerprint density at radius 2 is 1.74 bits per heavy atom. The molecule has 1 aliphatic rings. The van der Waals surface area contributed by atoms with Gasteiger partial charge >= 0.3 is 0 Å². The van der Waals surface area contributed by atoms with Crippen molar-refractivity contribution >= 4 is 17.1 Å². The molecule has 0 amide bonds. The van der Waals surface area contributed by atoms with E-state index in [0.29, 0.717) is 29.0 Å². The number of Topliss-reactive ketones (excluding diaryl/α,β-unsaturated/α-hetero) is 1. The first-order valence-corrected chi connectivity index (χ1v) is 13.0. The second-order valence-corrected chi connectivity index (χ2v) is 10.8. The van der Waals surface area contributed by atoms with Crippen LogP contribution in [0.2, 0.25) is 0 Å². The van der Waals surface area contributed by atoms with Gasteiger partial charge in [-0.2, -0.15) is 0 Å². The average molecular weight is 484 g/mol. The van der Waals surface area contributed by atoms with Crippen LogP contribution in [-0.2, 0) is 19.3 Å². The maximum absolute atomic E-state index is 14.2. The summed E-state index contributed by atoms with van der Waals surface area (Å²) in [4.78, 5) is 36.6. The van der Waals surface area contributed by atoms with Crippen molar-refractivity contribution in [3.63, 3.8) is 0 Å². The van der Waals surface area contributed by atoms with Crippen molar-refractivity contribution in [1.29, 1.82) is 0 Å². The van der Waals surface area contributed by atoms with E-state index in [0.717, 1.165) is 46.6 Å². The van der Waals surface area contributed by atoms with E-state index in [9.17, 15) is 9.59 Å². The van der Waals surface area contributed by atoms with Gasteiger partial charge in [-0.25, -0.2) is 4.98 Å². The number of hydrogen-bond donors (Lipinski definition) is 0. The SMILES string of the molecule is CCc1cccc(CC)c1-n1c2c(cc(-c3nc(-c4cccnc4)cs3)c1=O)C(=O)CC(C)(C)C2. The summed E-state index contributed by atoms with van der Waals surface area (Å²) in [5, 5.41) is 2.56. The van der Waals surface area contributed by atoms with Gasteiger partial charge in [0.05, 0.1) is 16.9 Å². The lowest BCUT2D eigenvalue weighted by molar-refractivity contribution is 0.0909. The number of rotatable bonds is 5. The predicted octanol–water partition coefficient (Wildman–Crippen LogP) is 6.30. The van der Waals surface area contributed by atoms with Crippen molar-refractivity contribution in [2.45, 2.75) is 53.4 Å². The van der Waals surface area contributed by atoms with E-state index >= 15 is 0 Å². The highest BCUT2D eigenvalue weighted by molar-refractivity contribution is 7.13. The highest BCUT2D eigenvalue weighted by atomic mass is 32.1. The number of benzene rings is 1. The summed E-state index contributed by atoms with van der Waals surface area (Å²) in [5.74, 6) is 0.0855. The van der Waals surface area contributed by atoms with Gasteiger partial charge in [-0.15, -0.1) is 11.3 Å². The summed E-state index contributed by atoms with van der Waals surface area (Å²) in [6.07, 6.45) is 6.22. The van der Waals surface area contributed by atoms with E-state index < -0.39 is 0 Å². The highest BCUT2D eigenvalue weighted by Crippen LogP contribution is 2.38. The van der Waals surface area contributed by atoms with E-state index in [-0.39, 0.29) is 16.8 Å². The molecule has 0 bridgehead atoms. The molecule has 0 unspecified atom stereocenters. The molecule has 0 N–H and O–H groups in total. The van der Waals surface area contributed by atoms with Crippen molar-refractivity contribution in [3.05, 3.63) is 86.9 Å². The molecule has 1 aliphatic carbocycles.